The number of fused-ring (bicyclic) bond motifs is 1. The van der Waals surface area contributed by atoms with Gasteiger partial charge in [0.1, 0.15) is 5.75 Å². The average Bonchev–Trinajstić information content (AvgIpc) is 2.54. The smallest absolute Gasteiger partial charge is 0.142 e. The summed E-state index contributed by atoms with van der Waals surface area (Å²) in [5, 5.41) is 3.91. The SMILES string of the molecule is COc1ccccc1N(C)CC1CCC2CCCCC2N1. The van der Waals surface area contributed by atoms with Crippen LogP contribution in [0.4, 0.5) is 5.69 Å². The van der Waals surface area contributed by atoms with Crippen LogP contribution in [0.5, 0.6) is 5.75 Å². The third-order valence-electron chi connectivity index (χ3n) is 5.24. The van der Waals surface area contributed by atoms with E-state index in [-0.39, 0.29) is 0 Å². The summed E-state index contributed by atoms with van der Waals surface area (Å²) < 4.78 is 5.48. The minimum atomic E-state index is 0.610. The van der Waals surface area contributed by atoms with Crippen molar-refractivity contribution in [3.63, 3.8) is 0 Å². The number of rotatable bonds is 4. The van der Waals surface area contributed by atoms with Gasteiger partial charge in [-0.2, -0.15) is 0 Å². The van der Waals surface area contributed by atoms with Crippen LogP contribution in [0, 0.1) is 5.92 Å². The van der Waals surface area contributed by atoms with Crippen LogP contribution >= 0.6 is 0 Å². The van der Waals surface area contributed by atoms with Crippen LogP contribution in [0.15, 0.2) is 24.3 Å². The van der Waals surface area contributed by atoms with Gasteiger partial charge in [-0.05, 0) is 43.7 Å². The van der Waals surface area contributed by atoms with Crippen LogP contribution in [0.25, 0.3) is 0 Å². The standard InChI is InChI=1S/C18H28N2O/c1-20(17-9-5-6-10-18(17)21-2)13-15-12-11-14-7-3-4-8-16(14)19-15/h5-6,9-10,14-16,19H,3-4,7-8,11-13H2,1-2H3. The Morgan fingerprint density at radius 3 is 2.81 bits per heavy atom. The van der Waals surface area contributed by atoms with E-state index in [0.29, 0.717) is 6.04 Å². The first kappa shape index (κ1) is 14.7. The summed E-state index contributed by atoms with van der Waals surface area (Å²) in [7, 11) is 3.92. The number of nitrogens with zero attached hydrogens (tertiary/aromatic N) is 1. The zero-order valence-corrected chi connectivity index (χ0v) is 13.3. The van der Waals surface area contributed by atoms with Gasteiger partial charge < -0.3 is 15.0 Å². The van der Waals surface area contributed by atoms with Gasteiger partial charge in [-0.25, -0.2) is 0 Å². The van der Waals surface area contributed by atoms with E-state index in [2.05, 4.69) is 29.4 Å². The molecule has 0 spiro atoms. The second-order valence-electron chi connectivity index (χ2n) is 6.64. The van der Waals surface area contributed by atoms with E-state index in [1.165, 1.54) is 44.2 Å². The van der Waals surface area contributed by atoms with Gasteiger partial charge in [-0.3, -0.25) is 0 Å². The lowest BCUT2D eigenvalue weighted by molar-refractivity contribution is 0.178. The predicted octanol–water partition coefficient (Wildman–Crippen LogP) is 3.44. The van der Waals surface area contributed by atoms with Crippen molar-refractivity contribution >= 4 is 5.69 Å². The fourth-order valence-corrected chi connectivity index (χ4v) is 4.09. The van der Waals surface area contributed by atoms with Gasteiger partial charge in [-0.1, -0.05) is 25.0 Å². The topological polar surface area (TPSA) is 24.5 Å². The van der Waals surface area contributed by atoms with Gasteiger partial charge in [0.2, 0.25) is 0 Å². The van der Waals surface area contributed by atoms with Gasteiger partial charge in [0, 0.05) is 25.7 Å². The maximum absolute atomic E-state index is 5.48. The Kier molecular flexibility index (Phi) is 4.69. The molecule has 3 rings (SSSR count). The Balaban J connectivity index is 1.61. The molecule has 2 fully saturated rings. The molecule has 21 heavy (non-hydrogen) atoms. The molecule has 116 valence electrons. The molecule has 1 aliphatic heterocycles. The Hall–Kier alpha value is -1.22. The molecular weight excluding hydrogens is 260 g/mol. The number of ether oxygens (including phenoxy) is 1. The fraction of sp³-hybridized carbons (Fsp3) is 0.667. The van der Waals surface area contributed by atoms with Crippen LogP contribution in [-0.4, -0.2) is 32.8 Å². The second kappa shape index (κ2) is 6.69. The Morgan fingerprint density at radius 1 is 1.14 bits per heavy atom. The summed E-state index contributed by atoms with van der Waals surface area (Å²) in [4.78, 5) is 2.33. The lowest BCUT2D eigenvalue weighted by Crippen LogP contribution is -2.52. The quantitative estimate of drug-likeness (QED) is 0.918. The molecule has 1 saturated carbocycles. The molecule has 0 amide bonds. The number of hydrogen-bond donors (Lipinski definition) is 1. The number of para-hydroxylation sites is 2. The third-order valence-corrected chi connectivity index (χ3v) is 5.24. The number of nitrogens with one attached hydrogen (secondary N) is 1. The molecule has 1 aromatic carbocycles. The lowest BCUT2D eigenvalue weighted by Gasteiger charge is -2.41. The molecule has 0 radical (unpaired) electrons. The number of benzene rings is 1. The van der Waals surface area contributed by atoms with Crippen LogP contribution in [0.3, 0.4) is 0 Å². The normalized spacial score (nSPS) is 28.8. The molecule has 3 unspecified atom stereocenters. The van der Waals surface area contributed by atoms with E-state index in [4.69, 9.17) is 4.74 Å². The first-order valence-electron chi connectivity index (χ1n) is 8.38. The number of likely N-dealkylation sites (N-methyl/N-ethyl adjacent to an activating group) is 1. The molecule has 0 bridgehead atoms. The highest BCUT2D eigenvalue weighted by Crippen LogP contribution is 2.33. The van der Waals surface area contributed by atoms with Crippen molar-refractivity contribution in [2.45, 2.75) is 50.6 Å². The highest BCUT2D eigenvalue weighted by Gasteiger charge is 2.32. The van der Waals surface area contributed by atoms with Gasteiger partial charge in [0.05, 0.1) is 12.8 Å². The maximum atomic E-state index is 5.48. The van der Waals surface area contributed by atoms with E-state index in [1.807, 2.05) is 12.1 Å². The predicted molar refractivity (Wildman–Crippen MR) is 88.2 cm³/mol. The van der Waals surface area contributed by atoms with Crippen LogP contribution < -0.4 is 15.0 Å². The monoisotopic (exact) mass is 288 g/mol. The van der Waals surface area contributed by atoms with Crippen LogP contribution in [0.2, 0.25) is 0 Å². The minimum absolute atomic E-state index is 0.610. The highest BCUT2D eigenvalue weighted by atomic mass is 16.5. The van der Waals surface area contributed by atoms with E-state index in [1.54, 1.807) is 7.11 Å². The summed E-state index contributed by atoms with van der Waals surface area (Å²) in [5.41, 5.74) is 1.19. The molecule has 1 heterocycles. The lowest BCUT2D eigenvalue weighted by atomic mass is 9.78. The fourth-order valence-electron chi connectivity index (χ4n) is 4.09. The third kappa shape index (κ3) is 3.34. The summed E-state index contributed by atoms with van der Waals surface area (Å²) in [6, 6.07) is 9.67. The van der Waals surface area contributed by atoms with E-state index < -0.39 is 0 Å². The molecule has 3 heteroatoms. The summed E-state index contributed by atoms with van der Waals surface area (Å²) in [5.74, 6) is 1.90. The molecule has 3 nitrogen and oxygen atoms in total. The van der Waals surface area contributed by atoms with Crippen LogP contribution in [-0.2, 0) is 0 Å². The largest absolute Gasteiger partial charge is 0.495 e. The zero-order chi connectivity index (χ0) is 14.7. The second-order valence-corrected chi connectivity index (χ2v) is 6.64. The number of methoxy groups -OCH3 is 1. The Morgan fingerprint density at radius 2 is 1.95 bits per heavy atom. The molecule has 1 N–H and O–H groups in total. The number of piperidine rings is 1. The van der Waals surface area contributed by atoms with Gasteiger partial charge in [0.25, 0.3) is 0 Å². The molecule has 2 aliphatic rings. The van der Waals surface area contributed by atoms with Crippen molar-refractivity contribution in [1.82, 2.24) is 5.32 Å². The highest BCUT2D eigenvalue weighted by molar-refractivity contribution is 5.57. The maximum Gasteiger partial charge on any atom is 0.142 e. The van der Waals surface area contributed by atoms with Crippen molar-refractivity contribution in [3.8, 4) is 5.75 Å². The Labute approximate surface area is 128 Å². The van der Waals surface area contributed by atoms with Crippen LogP contribution in [0.1, 0.15) is 38.5 Å². The number of anilines is 1. The molecule has 0 aromatic heterocycles. The molecule has 1 aliphatic carbocycles. The first-order valence-corrected chi connectivity index (χ1v) is 8.38. The van der Waals surface area contributed by atoms with Gasteiger partial charge in [0.15, 0.2) is 0 Å². The van der Waals surface area contributed by atoms with Gasteiger partial charge in [-0.15, -0.1) is 0 Å². The van der Waals surface area contributed by atoms with Crippen molar-refractivity contribution in [1.29, 1.82) is 0 Å². The van der Waals surface area contributed by atoms with Crippen molar-refractivity contribution in [3.05, 3.63) is 24.3 Å². The first-order chi connectivity index (χ1) is 10.3. The Bertz CT molecular complexity index is 462. The summed E-state index contributed by atoms with van der Waals surface area (Å²) in [6.07, 6.45) is 8.37. The summed E-state index contributed by atoms with van der Waals surface area (Å²) >= 11 is 0. The van der Waals surface area contributed by atoms with E-state index in [9.17, 15) is 0 Å². The molecule has 1 saturated heterocycles. The minimum Gasteiger partial charge on any atom is -0.495 e. The van der Waals surface area contributed by atoms with Crippen molar-refractivity contribution in [2.24, 2.45) is 5.92 Å². The number of hydrogen-bond acceptors (Lipinski definition) is 3. The van der Waals surface area contributed by atoms with Gasteiger partial charge >= 0.3 is 0 Å². The average molecular weight is 288 g/mol. The molecular formula is C18H28N2O. The van der Waals surface area contributed by atoms with Crippen molar-refractivity contribution < 1.29 is 4.74 Å². The zero-order valence-electron chi connectivity index (χ0n) is 13.3. The van der Waals surface area contributed by atoms with E-state index in [0.717, 1.165) is 24.3 Å². The van der Waals surface area contributed by atoms with E-state index >= 15 is 0 Å². The summed E-state index contributed by atoms with van der Waals surface area (Å²) in [6.45, 7) is 1.06. The van der Waals surface area contributed by atoms with Crippen molar-refractivity contribution in [2.75, 3.05) is 25.6 Å². The molecule has 3 atom stereocenters. The molecule has 1 aromatic rings.